The number of Topliss-reactive ketones (excluding diaryl/α,β-unsaturated/α-hetero) is 1. The van der Waals surface area contributed by atoms with Crippen LogP contribution >= 0.6 is 0 Å². The van der Waals surface area contributed by atoms with Crippen LogP contribution in [0.3, 0.4) is 0 Å². The average Bonchev–Trinajstić information content (AvgIpc) is 3.24. The smallest absolute Gasteiger partial charge is 0.338 e. The number of anilines is 1. The lowest BCUT2D eigenvalue weighted by molar-refractivity contribution is 0.0596. The number of aryl methyl sites for hydroxylation is 1. The van der Waals surface area contributed by atoms with Gasteiger partial charge in [-0.05, 0) is 37.0 Å². The summed E-state index contributed by atoms with van der Waals surface area (Å²) in [4.78, 5) is 30.7. The average molecular weight is 401 g/mol. The monoisotopic (exact) mass is 401 g/mol. The molecule has 0 unspecified atom stereocenters. The van der Waals surface area contributed by atoms with Crippen LogP contribution in [-0.2, 0) is 24.1 Å². The number of allylic oxidation sites excluding steroid dienone is 1. The number of methoxy groups -OCH3 is 1. The Kier molecular flexibility index (Phi) is 4.07. The second-order valence-electron chi connectivity index (χ2n) is 8.22. The Morgan fingerprint density at radius 3 is 2.63 bits per heavy atom. The van der Waals surface area contributed by atoms with Crippen molar-refractivity contribution in [3.63, 3.8) is 0 Å². The van der Waals surface area contributed by atoms with E-state index in [4.69, 9.17) is 9.72 Å². The van der Waals surface area contributed by atoms with E-state index in [0.29, 0.717) is 29.7 Å². The molecular weight excluding hydrogens is 378 g/mol. The number of ketones is 1. The van der Waals surface area contributed by atoms with Gasteiger partial charge in [0.2, 0.25) is 0 Å². The molecule has 1 aliphatic carbocycles. The molecule has 6 nitrogen and oxygen atoms in total. The van der Waals surface area contributed by atoms with E-state index in [-0.39, 0.29) is 11.3 Å². The number of nitrogens with zero attached hydrogens (tertiary/aromatic N) is 2. The Balaban J connectivity index is 1.74. The molecule has 2 heterocycles. The van der Waals surface area contributed by atoms with Gasteiger partial charge in [0, 0.05) is 13.0 Å². The van der Waals surface area contributed by atoms with Crippen molar-refractivity contribution >= 4 is 28.5 Å². The Morgan fingerprint density at radius 1 is 1.30 bits per heavy atom. The number of imidazole rings is 1. The molecule has 0 amide bonds. The summed E-state index contributed by atoms with van der Waals surface area (Å²) < 4.78 is 7.00. The third kappa shape index (κ3) is 2.60. The summed E-state index contributed by atoms with van der Waals surface area (Å²) in [5.74, 6) is 0.241. The van der Waals surface area contributed by atoms with Gasteiger partial charge in [0.1, 0.15) is 11.3 Å². The summed E-state index contributed by atoms with van der Waals surface area (Å²) in [7, 11) is 1.33. The maximum atomic E-state index is 13.4. The third-order valence-electron chi connectivity index (χ3n) is 6.30. The number of aromatic nitrogens is 2. The molecular formula is C24H23N3O3. The number of nitrogens with one attached hydrogen (secondary N) is 1. The van der Waals surface area contributed by atoms with Crippen molar-refractivity contribution in [1.82, 2.24) is 9.55 Å². The lowest BCUT2D eigenvalue weighted by Gasteiger charge is -2.36. The minimum atomic E-state index is -0.516. The van der Waals surface area contributed by atoms with Crippen LogP contribution in [0.1, 0.15) is 44.1 Å². The van der Waals surface area contributed by atoms with Gasteiger partial charge in [0.25, 0.3) is 0 Å². The lowest BCUT2D eigenvalue weighted by atomic mass is 9.81. The summed E-state index contributed by atoms with van der Waals surface area (Å²) in [6, 6.07) is 10.0. The number of carbonyl (C=O) groups is 2. The number of hydrogen-bond donors (Lipinski definition) is 1. The summed E-state index contributed by atoms with van der Waals surface area (Å²) in [5.41, 5.74) is 4.94. The largest absolute Gasteiger partial charge is 0.465 e. The number of rotatable bonds is 3. The number of carbonyl (C=O) groups excluding carboxylic acids is 2. The van der Waals surface area contributed by atoms with Gasteiger partial charge < -0.3 is 14.6 Å². The standard InChI is InChI=1S/C24H23N3O3/c1-4-9-27-14(2)25-21-18(27)10-17(23(29)30-3)20-19(28)13-24(26-22(20)21)11-15-7-5-6-8-16(15)12-24/h4-8,10,26H,1,9,11-13H2,2-3H3. The fourth-order valence-electron chi connectivity index (χ4n) is 5.03. The second kappa shape index (κ2) is 6.55. The number of hydrogen-bond acceptors (Lipinski definition) is 5. The normalized spacial score (nSPS) is 16.3. The molecule has 0 atom stereocenters. The minimum Gasteiger partial charge on any atom is -0.465 e. The molecule has 0 saturated carbocycles. The van der Waals surface area contributed by atoms with Gasteiger partial charge in [0.05, 0.1) is 35.0 Å². The molecule has 2 aromatic carbocycles. The maximum absolute atomic E-state index is 13.4. The zero-order valence-electron chi connectivity index (χ0n) is 17.1. The first-order valence-electron chi connectivity index (χ1n) is 10.1. The first-order chi connectivity index (χ1) is 14.5. The molecule has 5 rings (SSSR count). The van der Waals surface area contributed by atoms with Gasteiger partial charge >= 0.3 is 5.97 Å². The fourth-order valence-corrected chi connectivity index (χ4v) is 5.03. The lowest BCUT2D eigenvalue weighted by Crippen LogP contribution is -2.45. The molecule has 0 radical (unpaired) electrons. The quantitative estimate of drug-likeness (QED) is 0.533. The Bertz CT molecular complexity index is 1210. The molecule has 30 heavy (non-hydrogen) atoms. The number of fused-ring (bicyclic) bond motifs is 4. The van der Waals surface area contributed by atoms with E-state index in [2.05, 4.69) is 24.0 Å². The van der Waals surface area contributed by atoms with Gasteiger partial charge in [-0.2, -0.15) is 0 Å². The van der Waals surface area contributed by atoms with Crippen molar-refractivity contribution in [2.75, 3.05) is 12.4 Å². The highest BCUT2D eigenvalue weighted by molar-refractivity contribution is 6.17. The van der Waals surface area contributed by atoms with Crippen LogP contribution in [0, 0.1) is 6.92 Å². The summed E-state index contributed by atoms with van der Waals surface area (Å²) >= 11 is 0. The van der Waals surface area contributed by atoms with Gasteiger partial charge in [-0.1, -0.05) is 30.3 Å². The minimum absolute atomic E-state index is 0.0465. The van der Waals surface area contributed by atoms with Crippen molar-refractivity contribution in [2.24, 2.45) is 0 Å². The first kappa shape index (κ1) is 18.6. The topological polar surface area (TPSA) is 73.2 Å². The molecule has 2 aliphatic rings. The zero-order chi connectivity index (χ0) is 21.0. The number of esters is 1. The molecule has 6 heteroatoms. The SMILES string of the molecule is C=CCn1c(C)nc2c3c(c(C(=O)OC)cc21)C(=O)CC1(Cc2ccccc2C1)N3. The molecule has 3 aromatic rings. The highest BCUT2D eigenvalue weighted by atomic mass is 16.5. The predicted molar refractivity (Wildman–Crippen MR) is 115 cm³/mol. The molecule has 1 N–H and O–H groups in total. The van der Waals surface area contributed by atoms with Gasteiger partial charge in [-0.15, -0.1) is 6.58 Å². The molecule has 0 bridgehead atoms. The maximum Gasteiger partial charge on any atom is 0.338 e. The highest BCUT2D eigenvalue weighted by Crippen LogP contribution is 2.44. The summed E-state index contributed by atoms with van der Waals surface area (Å²) in [5, 5.41) is 3.66. The van der Waals surface area contributed by atoms with E-state index in [1.54, 1.807) is 12.1 Å². The van der Waals surface area contributed by atoms with Gasteiger partial charge in [0.15, 0.2) is 5.78 Å². The number of ether oxygens (including phenoxy) is 1. The van der Waals surface area contributed by atoms with Crippen LogP contribution in [0.4, 0.5) is 5.69 Å². The highest BCUT2D eigenvalue weighted by Gasteiger charge is 2.45. The Hall–Kier alpha value is -3.41. The fraction of sp³-hybridized carbons (Fsp3) is 0.292. The van der Waals surface area contributed by atoms with Gasteiger partial charge in [-0.3, -0.25) is 4.79 Å². The summed E-state index contributed by atoms with van der Waals surface area (Å²) in [6.45, 7) is 6.31. The first-order valence-corrected chi connectivity index (χ1v) is 10.1. The molecule has 152 valence electrons. The van der Waals surface area contributed by atoms with E-state index < -0.39 is 11.5 Å². The number of benzene rings is 2. The van der Waals surface area contributed by atoms with Crippen molar-refractivity contribution in [3.05, 3.63) is 71.1 Å². The van der Waals surface area contributed by atoms with Crippen LogP contribution in [0.5, 0.6) is 0 Å². The molecule has 0 saturated heterocycles. The molecule has 1 aromatic heterocycles. The van der Waals surface area contributed by atoms with Crippen LogP contribution in [-0.4, -0.2) is 34.0 Å². The van der Waals surface area contributed by atoms with E-state index in [1.165, 1.54) is 18.2 Å². The van der Waals surface area contributed by atoms with Crippen molar-refractivity contribution in [1.29, 1.82) is 0 Å². The predicted octanol–water partition coefficient (Wildman–Crippen LogP) is 3.85. The third-order valence-corrected chi connectivity index (χ3v) is 6.30. The Morgan fingerprint density at radius 2 is 2.00 bits per heavy atom. The van der Waals surface area contributed by atoms with Crippen LogP contribution in [0.15, 0.2) is 43.0 Å². The van der Waals surface area contributed by atoms with E-state index >= 15 is 0 Å². The van der Waals surface area contributed by atoms with Crippen molar-refractivity contribution in [3.8, 4) is 0 Å². The van der Waals surface area contributed by atoms with Crippen LogP contribution < -0.4 is 5.32 Å². The second-order valence-corrected chi connectivity index (χ2v) is 8.22. The molecule has 0 fully saturated rings. The summed E-state index contributed by atoms with van der Waals surface area (Å²) in [6.07, 6.45) is 3.66. The Labute approximate surface area is 174 Å². The van der Waals surface area contributed by atoms with E-state index in [1.807, 2.05) is 23.6 Å². The van der Waals surface area contributed by atoms with E-state index in [9.17, 15) is 9.59 Å². The van der Waals surface area contributed by atoms with Crippen molar-refractivity contribution in [2.45, 2.75) is 38.3 Å². The zero-order valence-corrected chi connectivity index (χ0v) is 17.1. The molecule has 1 spiro atoms. The van der Waals surface area contributed by atoms with Crippen molar-refractivity contribution < 1.29 is 14.3 Å². The molecule has 1 aliphatic heterocycles. The van der Waals surface area contributed by atoms with Crippen LogP contribution in [0.2, 0.25) is 0 Å². The van der Waals surface area contributed by atoms with Crippen LogP contribution in [0.25, 0.3) is 11.0 Å². The van der Waals surface area contributed by atoms with E-state index in [0.717, 1.165) is 24.2 Å². The van der Waals surface area contributed by atoms with Gasteiger partial charge in [-0.25, -0.2) is 9.78 Å².